The van der Waals surface area contributed by atoms with Crippen molar-refractivity contribution in [2.24, 2.45) is 0 Å². The molecule has 0 heterocycles. The maximum absolute atomic E-state index is 13.1. The fraction of sp³-hybridized carbons (Fsp3) is 0.200. The molecule has 1 N–H and O–H groups in total. The predicted molar refractivity (Wildman–Crippen MR) is 71.5 cm³/mol. The Bertz CT molecular complexity index is 618. The zero-order valence-corrected chi connectivity index (χ0v) is 11.1. The summed E-state index contributed by atoms with van der Waals surface area (Å²) in [5, 5.41) is 2.96. The standard InChI is InChI=1S/C15H13F4NO/c1-9(20-11-5-6-13(16)14(17)8-11)10-3-2-4-12(7-10)21-15(18)19/h2-9,15,20H,1H3. The Morgan fingerprint density at radius 3 is 2.43 bits per heavy atom. The lowest BCUT2D eigenvalue weighted by Gasteiger charge is -2.17. The van der Waals surface area contributed by atoms with E-state index in [4.69, 9.17) is 0 Å². The molecule has 1 unspecified atom stereocenters. The molecule has 0 aromatic heterocycles. The summed E-state index contributed by atoms with van der Waals surface area (Å²) in [4.78, 5) is 0. The Balaban J connectivity index is 2.12. The summed E-state index contributed by atoms with van der Waals surface area (Å²) < 4.78 is 54.6. The fourth-order valence-corrected chi connectivity index (χ4v) is 1.88. The number of hydrogen-bond acceptors (Lipinski definition) is 2. The number of rotatable bonds is 5. The van der Waals surface area contributed by atoms with Crippen LogP contribution in [0.15, 0.2) is 42.5 Å². The van der Waals surface area contributed by atoms with Crippen LogP contribution in [0, 0.1) is 11.6 Å². The summed E-state index contributed by atoms with van der Waals surface area (Å²) >= 11 is 0. The van der Waals surface area contributed by atoms with Gasteiger partial charge in [-0.3, -0.25) is 0 Å². The molecule has 0 bridgehead atoms. The lowest BCUT2D eigenvalue weighted by atomic mass is 10.1. The van der Waals surface area contributed by atoms with Gasteiger partial charge in [0.05, 0.1) is 0 Å². The van der Waals surface area contributed by atoms with Crippen LogP contribution in [0.2, 0.25) is 0 Å². The maximum atomic E-state index is 13.1. The molecule has 2 rings (SSSR count). The number of alkyl halides is 2. The van der Waals surface area contributed by atoms with Crippen LogP contribution in [0.3, 0.4) is 0 Å². The van der Waals surface area contributed by atoms with Crippen molar-refractivity contribution in [1.82, 2.24) is 0 Å². The molecule has 0 amide bonds. The van der Waals surface area contributed by atoms with E-state index in [0.29, 0.717) is 11.3 Å². The minimum atomic E-state index is -2.89. The van der Waals surface area contributed by atoms with Gasteiger partial charge in [-0.05, 0) is 36.8 Å². The van der Waals surface area contributed by atoms with Gasteiger partial charge in [0.1, 0.15) is 5.75 Å². The van der Waals surface area contributed by atoms with E-state index in [1.807, 2.05) is 0 Å². The molecule has 0 aliphatic heterocycles. The van der Waals surface area contributed by atoms with Crippen LogP contribution < -0.4 is 10.1 Å². The summed E-state index contributed by atoms with van der Waals surface area (Å²) in [7, 11) is 0. The highest BCUT2D eigenvalue weighted by Crippen LogP contribution is 2.24. The Labute approximate surface area is 119 Å². The number of halogens is 4. The van der Waals surface area contributed by atoms with Crippen LogP contribution in [0.5, 0.6) is 5.75 Å². The van der Waals surface area contributed by atoms with Crippen molar-refractivity contribution in [3.8, 4) is 5.75 Å². The van der Waals surface area contributed by atoms with E-state index in [1.54, 1.807) is 19.1 Å². The van der Waals surface area contributed by atoms with Gasteiger partial charge in [0.15, 0.2) is 11.6 Å². The van der Waals surface area contributed by atoms with Crippen LogP contribution in [-0.2, 0) is 0 Å². The van der Waals surface area contributed by atoms with Crippen molar-refractivity contribution >= 4 is 5.69 Å². The molecule has 0 fully saturated rings. The smallest absolute Gasteiger partial charge is 0.387 e. The van der Waals surface area contributed by atoms with E-state index in [0.717, 1.165) is 12.1 Å². The number of anilines is 1. The molecule has 0 aliphatic carbocycles. The molecule has 0 aliphatic rings. The third kappa shape index (κ3) is 4.11. The molecule has 0 spiro atoms. The maximum Gasteiger partial charge on any atom is 0.387 e. The quantitative estimate of drug-likeness (QED) is 0.805. The molecule has 1 atom stereocenters. The zero-order valence-electron chi connectivity index (χ0n) is 11.1. The Kier molecular flexibility index (Phi) is 4.67. The zero-order chi connectivity index (χ0) is 15.4. The largest absolute Gasteiger partial charge is 0.435 e. The van der Waals surface area contributed by atoms with Crippen LogP contribution in [0.25, 0.3) is 0 Å². The van der Waals surface area contributed by atoms with E-state index >= 15 is 0 Å². The molecule has 0 radical (unpaired) electrons. The minimum absolute atomic E-state index is 0.0430. The second-order valence-corrected chi connectivity index (χ2v) is 4.45. The molecule has 2 nitrogen and oxygen atoms in total. The number of benzene rings is 2. The van der Waals surface area contributed by atoms with Gasteiger partial charge >= 0.3 is 6.61 Å². The lowest BCUT2D eigenvalue weighted by Crippen LogP contribution is -2.08. The van der Waals surface area contributed by atoms with Crippen LogP contribution in [-0.4, -0.2) is 6.61 Å². The highest BCUT2D eigenvalue weighted by atomic mass is 19.3. The molecular formula is C15H13F4NO. The number of ether oxygens (including phenoxy) is 1. The second kappa shape index (κ2) is 6.47. The van der Waals surface area contributed by atoms with Crippen molar-refractivity contribution < 1.29 is 22.3 Å². The normalized spacial score (nSPS) is 12.3. The first kappa shape index (κ1) is 15.2. The second-order valence-electron chi connectivity index (χ2n) is 4.45. The Morgan fingerprint density at radius 1 is 1.00 bits per heavy atom. The van der Waals surface area contributed by atoms with Gasteiger partial charge in [-0.25, -0.2) is 8.78 Å². The molecule has 0 saturated heterocycles. The minimum Gasteiger partial charge on any atom is -0.435 e. The van der Waals surface area contributed by atoms with Gasteiger partial charge in [0.2, 0.25) is 0 Å². The topological polar surface area (TPSA) is 21.3 Å². The monoisotopic (exact) mass is 299 g/mol. The molecule has 6 heteroatoms. The SMILES string of the molecule is CC(Nc1ccc(F)c(F)c1)c1cccc(OC(F)F)c1. The summed E-state index contributed by atoms with van der Waals surface area (Å²) in [6.07, 6.45) is 0. The third-order valence-electron chi connectivity index (χ3n) is 2.89. The van der Waals surface area contributed by atoms with E-state index in [9.17, 15) is 17.6 Å². The van der Waals surface area contributed by atoms with Gasteiger partial charge in [-0.2, -0.15) is 8.78 Å². The van der Waals surface area contributed by atoms with Crippen molar-refractivity contribution in [3.63, 3.8) is 0 Å². The first-order chi connectivity index (χ1) is 9.95. The van der Waals surface area contributed by atoms with E-state index in [-0.39, 0.29) is 11.8 Å². The lowest BCUT2D eigenvalue weighted by molar-refractivity contribution is -0.0498. The summed E-state index contributed by atoms with van der Waals surface area (Å²) in [5.41, 5.74) is 1.07. The van der Waals surface area contributed by atoms with Crippen LogP contribution in [0.1, 0.15) is 18.5 Å². The van der Waals surface area contributed by atoms with Gasteiger partial charge in [-0.1, -0.05) is 12.1 Å². The first-order valence-corrected chi connectivity index (χ1v) is 6.22. The number of nitrogens with one attached hydrogen (secondary N) is 1. The molecular weight excluding hydrogens is 286 g/mol. The van der Waals surface area contributed by atoms with Gasteiger partial charge < -0.3 is 10.1 Å². The van der Waals surface area contributed by atoms with Gasteiger partial charge in [0.25, 0.3) is 0 Å². The van der Waals surface area contributed by atoms with Crippen LogP contribution in [0.4, 0.5) is 23.2 Å². The predicted octanol–water partition coefficient (Wildman–Crippen LogP) is 4.74. The first-order valence-electron chi connectivity index (χ1n) is 6.22. The summed E-state index contributed by atoms with van der Waals surface area (Å²) in [6.45, 7) is -1.13. The van der Waals surface area contributed by atoms with E-state index in [1.165, 1.54) is 18.2 Å². The Morgan fingerprint density at radius 2 is 1.76 bits per heavy atom. The molecule has 21 heavy (non-hydrogen) atoms. The van der Waals surface area contributed by atoms with Gasteiger partial charge in [-0.15, -0.1) is 0 Å². The number of hydrogen-bond donors (Lipinski definition) is 1. The summed E-state index contributed by atoms with van der Waals surface area (Å²) in [6, 6.07) is 9.33. The molecule has 2 aromatic rings. The van der Waals surface area contributed by atoms with Crippen molar-refractivity contribution in [2.45, 2.75) is 19.6 Å². The van der Waals surface area contributed by atoms with Crippen molar-refractivity contribution in [3.05, 3.63) is 59.7 Å². The fourth-order valence-electron chi connectivity index (χ4n) is 1.88. The molecule has 2 aromatic carbocycles. The highest BCUT2D eigenvalue weighted by Gasteiger charge is 2.10. The van der Waals surface area contributed by atoms with Gasteiger partial charge in [0, 0.05) is 17.8 Å². The molecule has 112 valence electrons. The summed E-state index contributed by atoms with van der Waals surface area (Å²) in [5.74, 6) is -1.84. The van der Waals surface area contributed by atoms with Crippen LogP contribution >= 0.6 is 0 Å². The average molecular weight is 299 g/mol. The van der Waals surface area contributed by atoms with E-state index in [2.05, 4.69) is 10.1 Å². The third-order valence-corrected chi connectivity index (χ3v) is 2.89. The Hall–Kier alpha value is -2.24. The van der Waals surface area contributed by atoms with E-state index < -0.39 is 18.2 Å². The van der Waals surface area contributed by atoms with Crippen molar-refractivity contribution in [2.75, 3.05) is 5.32 Å². The highest BCUT2D eigenvalue weighted by molar-refractivity contribution is 5.46. The molecule has 0 saturated carbocycles. The van der Waals surface area contributed by atoms with Crippen molar-refractivity contribution in [1.29, 1.82) is 0 Å². The average Bonchev–Trinajstić information content (AvgIpc) is 2.42.